The molecule has 0 aliphatic heterocycles. The fraction of sp³-hybridized carbons (Fsp3) is 0.333. The van der Waals surface area contributed by atoms with Crippen molar-refractivity contribution in [1.82, 2.24) is 9.78 Å². The van der Waals surface area contributed by atoms with Crippen molar-refractivity contribution in [2.75, 3.05) is 7.11 Å². The third-order valence-electron chi connectivity index (χ3n) is 2.97. The quantitative estimate of drug-likeness (QED) is 0.846. The summed E-state index contributed by atoms with van der Waals surface area (Å²) in [4.78, 5) is 11.8. The zero-order chi connectivity index (χ0) is 13.8. The summed E-state index contributed by atoms with van der Waals surface area (Å²) in [5.74, 6) is 1.11. The van der Waals surface area contributed by atoms with Gasteiger partial charge in [-0.1, -0.05) is 26.0 Å². The maximum Gasteiger partial charge on any atom is 0.267 e. The molecule has 0 spiro atoms. The third-order valence-corrected chi connectivity index (χ3v) is 2.97. The maximum atomic E-state index is 11.8. The zero-order valence-electron chi connectivity index (χ0n) is 11.5. The Morgan fingerprint density at radius 3 is 2.42 bits per heavy atom. The maximum absolute atomic E-state index is 11.8. The van der Waals surface area contributed by atoms with E-state index in [1.54, 1.807) is 19.2 Å². The van der Waals surface area contributed by atoms with E-state index in [4.69, 9.17) is 4.74 Å². The van der Waals surface area contributed by atoms with Crippen LogP contribution < -0.4 is 10.3 Å². The third kappa shape index (κ3) is 3.22. The highest BCUT2D eigenvalue weighted by atomic mass is 16.5. The van der Waals surface area contributed by atoms with Crippen molar-refractivity contribution in [1.29, 1.82) is 0 Å². The minimum Gasteiger partial charge on any atom is -0.497 e. The fourth-order valence-electron chi connectivity index (χ4n) is 1.79. The second-order valence-electron chi connectivity index (χ2n) is 4.76. The predicted octanol–water partition coefficient (Wildman–Crippen LogP) is 2.42. The molecular formula is C15H18N2O2. The van der Waals surface area contributed by atoms with E-state index in [0.29, 0.717) is 12.5 Å². The molecule has 1 aromatic heterocycles. The highest BCUT2D eigenvalue weighted by Gasteiger charge is 2.05. The number of hydrogen-bond donors (Lipinski definition) is 0. The lowest BCUT2D eigenvalue weighted by molar-refractivity contribution is 0.414. The average Bonchev–Trinajstić information content (AvgIpc) is 2.42. The van der Waals surface area contributed by atoms with Gasteiger partial charge in [0.15, 0.2) is 0 Å². The summed E-state index contributed by atoms with van der Waals surface area (Å²) in [6, 6.07) is 11.0. The second kappa shape index (κ2) is 5.69. The zero-order valence-corrected chi connectivity index (χ0v) is 11.5. The van der Waals surface area contributed by atoms with Crippen LogP contribution >= 0.6 is 0 Å². The first kappa shape index (κ1) is 13.3. The largest absolute Gasteiger partial charge is 0.497 e. The molecular weight excluding hydrogens is 240 g/mol. The predicted molar refractivity (Wildman–Crippen MR) is 74.7 cm³/mol. The summed E-state index contributed by atoms with van der Waals surface area (Å²) in [6.07, 6.45) is 0. The Labute approximate surface area is 112 Å². The van der Waals surface area contributed by atoms with Crippen molar-refractivity contribution in [3.05, 3.63) is 58.0 Å². The second-order valence-corrected chi connectivity index (χ2v) is 4.76. The molecule has 0 radical (unpaired) electrons. The first-order chi connectivity index (χ1) is 9.10. The minimum absolute atomic E-state index is 0.0831. The van der Waals surface area contributed by atoms with E-state index >= 15 is 0 Å². The van der Waals surface area contributed by atoms with Crippen LogP contribution in [0, 0.1) is 0 Å². The molecule has 0 aliphatic carbocycles. The first-order valence-electron chi connectivity index (χ1n) is 6.31. The van der Waals surface area contributed by atoms with Gasteiger partial charge in [0.1, 0.15) is 5.75 Å². The van der Waals surface area contributed by atoms with Gasteiger partial charge >= 0.3 is 0 Å². The van der Waals surface area contributed by atoms with Gasteiger partial charge in [0, 0.05) is 6.07 Å². The number of rotatable bonds is 4. The lowest BCUT2D eigenvalue weighted by atomic mass is 10.1. The van der Waals surface area contributed by atoms with E-state index in [9.17, 15) is 4.79 Å². The van der Waals surface area contributed by atoms with Crippen molar-refractivity contribution in [2.24, 2.45) is 0 Å². The molecule has 0 atom stereocenters. The lowest BCUT2D eigenvalue weighted by Crippen LogP contribution is -2.23. The smallest absolute Gasteiger partial charge is 0.267 e. The number of ether oxygens (including phenoxy) is 1. The van der Waals surface area contributed by atoms with Gasteiger partial charge in [-0.3, -0.25) is 4.79 Å². The molecule has 1 heterocycles. The van der Waals surface area contributed by atoms with E-state index in [-0.39, 0.29) is 5.56 Å². The average molecular weight is 258 g/mol. The minimum atomic E-state index is -0.0831. The summed E-state index contributed by atoms with van der Waals surface area (Å²) in [7, 11) is 1.63. The molecule has 0 bridgehead atoms. The van der Waals surface area contributed by atoms with Crippen molar-refractivity contribution < 1.29 is 4.74 Å². The lowest BCUT2D eigenvalue weighted by Gasteiger charge is -2.09. The number of aromatic nitrogens is 2. The van der Waals surface area contributed by atoms with Gasteiger partial charge in [-0.15, -0.1) is 0 Å². The van der Waals surface area contributed by atoms with Gasteiger partial charge in [0.2, 0.25) is 0 Å². The Bertz CT molecular complexity index is 600. The summed E-state index contributed by atoms with van der Waals surface area (Å²) in [6.45, 7) is 4.60. The Balaban J connectivity index is 2.26. The molecule has 0 amide bonds. The van der Waals surface area contributed by atoms with Gasteiger partial charge < -0.3 is 4.74 Å². The molecule has 2 rings (SSSR count). The van der Waals surface area contributed by atoms with Crippen molar-refractivity contribution in [3.63, 3.8) is 0 Å². The summed E-state index contributed by atoms with van der Waals surface area (Å²) >= 11 is 0. The standard InChI is InChI=1S/C15H18N2O2/c1-11(2)14-8-9-15(18)17(16-14)10-12-4-6-13(19-3)7-5-12/h4-9,11H,10H2,1-3H3. The van der Waals surface area contributed by atoms with E-state index in [0.717, 1.165) is 17.0 Å². The normalized spacial score (nSPS) is 10.7. The summed E-state index contributed by atoms with van der Waals surface area (Å²) in [5.41, 5.74) is 1.87. The Morgan fingerprint density at radius 2 is 1.84 bits per heavy atom. The molecule has 4 nitrogen and oxygen atoms in total. The first-order valence-corrected chi connectivity index (χ1v) is 6.31. The fourth-order valence-corrected chi connectivity index (χ4v) is 1.79. The topological polar surface area (TPSA) is 44.1 Å². The Kier molecular flexibility index (Phi) is 4.00. The number of nitrogens with zero attached hydrogens (tertiary/aromatic N) is 2. The van der Waals surface area contributed by atoms with Crippen molar-refractivity contribution in [2.45, 2.75) is 26.3 Å². The van der Waals surface area contributed by atoms with E-state index in [1.165, 1.54) is 4.68 Å². The van der Waals surface area contributed by atoms with Crippen molar-refractivity contribution in [3.8, 4) is 5.75 Å². The van der Waals surface area contributed by atoms with E-state index in [2.05, 4.69) is 18.9 Å². The molecule has 2 aromatic rings. The molecule has 0 fully saturated rings. The molecule has 0 N–H and O–H groups in total. The summed E-state index contributed by atoms with van der Waals surface area (Å²) < 4.78 is 6.61. The molecule has 19 heavy (non-hydrogen) atoms. The van der Waals surface area contributed by atoms with Crippen LogP contribution in [0.1, 0.15) is 31.0 Å². The van der Waals surface area contributed by atoms with Crippen LogP contribution in [0.2, 0.25) is 0 Å². The van der Waals surface area contributed by atoms with Gasteiger partial charge in [-0.25, -0.2) is 4.68 Å². The molecule has 0 saturated carbocycles. The molecule has 1 aromatic carbocycles. The van der Waals surface area contributed by atoms with Crippen LogP contribution in [0.4, 0.5) is 0 Å². The highest BCUT2D eigenvalue weighted by Crippen LogP contribution is 2.12. The summed E-state index contributed by atoms with van der Waals surface area (Å²) in [5, 5.41) is 4.38. The SMILES string of the molecule is COc1ccc(Cn2nc(C(C)C)ccc2=O)cc1. The molecule has 0 unspecified atom stereocenters. The van der Waals surface area contributed by atoms with Crippen LogP contribution in [0.3, 0.4) is 0 Å². The van der Waals surface area contributed by atoms with Gasteiger partial charge in [0.05, 0.1) is 19.3 Å². The van der Waals surface area contributed by atoms with Gasteiger partial charge in [0.25, 0.3) is 5.56 Å². The number of methoxy groups -OCH3 is 1. The highest BCUT2D eigenvalue weighted by molar-refractivity contribution is 5.27. The molecule has 100 valence electrons. The van der Waals surface area contributed by atoms with Crippen LogP contribution in [0.5, 0.6) is 5.75 Å². The van der Waals surface area contributed by atoms with E-state index < -0.39 is 0 Å². The molecule has 0 aliphatic rings. The number of benzene rings is 1. The van der Waals surface area contributed by atoms with Crippen LogP contribution in [0.15, 0.2) is 41.2 Å². The van der Waals surface area contributed by atoms with Crippen LogP contribution in [-0.2, 0) is 6.54 Å². The number of hydrogen-bond acceptors (Lipinski definition) is 3. The molecule has 0 saturated heterocycles. The van der Waals surface area contributed by atoms with Gasteiger partial charge in [-0.05, 0) is 29.7 Å². The van der Waals surface area contributed by atoms with Crippen LogP contribution in [-0.4, -0.2) is 16.9 Å². The Morgan fingerprint density at radius 1 is 1.16 bits per heavy atom. The van der Waals surface area contributed by atoms with Gasteiger partial charge in [-0.2, -0.15) is 5.10 Å². The Hall–Kier alpha value is -2.10. The van der Waals surface area contributed by atoms with Crippen LogP contribution in [0.25, 0.3) is 0 Å². The van der Waals surface area contributed by atoms with Crippen molar-refractivity contribution >= 4 is 0 Å². The molecule has 4 heteroatoms. The van der Waals surface area contributed by atoms with E-state index in [1.807, 2.05) is 24.3 Å². The monoisotopic (exact) mass is 258 g/mol.